The van der Waals surface area contributed by atoms with E-state index in [1.54, 1.807) is 0 Å². The lowest BCUT2D eigenvalue weighted by molar-refractivity contribution is 0.0982. The fourth-order valence-corrected chi connectivity index (χ4v) is 2.63. The van der Waals surface area contributed by atoms with Crippen molar-refractivity contribution in [2.75, 3.05) is 19.0 Å². The number of carbonyl (C=O) groups is 3. The minimum atomic E-state index is -0.565. The zero-order valence-corrected chi connectivity index (χ0v) is 14.4. The molecule has 8 nitrogen and oxygen atoms in total. The third kappa shape index (κ3) is 3.49. The molecule has 1 aromatic carbocycles. The van der Waals surface area contributed by atoms with Crippen molar-refractivity contribution in [1.29, 1.82) is 0 Å². The Balaban J connectivity index is 1.76. The van der Waals surface area contributed by atoms with Gasteiger partial charge in [0.05, 0.1) is 18.4 Å². The molecule has 0 spiro atoms. The van der Waals surface area contributed by atoms with Gasteiger partial charge in [-0.1, -0.05) is 17.7 Å². The Labute approximate surface area is 149 Å². The van der Waals surface area contributed by atoms with Crippen LogP contribution >= 0.6 is 0 Å². The number of ketones is 2. The minimum Gasteiger partial charge on any atom is -0.453 e. The van der Waals surface area contributed by atoms with Gasteiger partial charge in [0, 0.05) is 30.4 Å². The van der Waals surface area contributed by atoms with Crippen LogP contribution in [0.15, 0.2) is 36.0 Å². The summed E-state index contributed by atoms with van der Waals surface area (Å²) in [5.41, 5.74) is 2.81. The van der Waals surface area contributed by atoms with Gasteiger partial charge in [0.2, 0.25) is 5.78 Å². The van der Waals surface area contributed by atoms with Crippen molar-refractivity contribution in [3.8, 4) is 0 Å². The van der Waals surface area contributed by atoms with E-state index in [4.69, 9.17) is 0 Å². The zero-order chi connectivity index (χ0) is 18.7. The summed E-state index contributed by atoms with van der Waals surface area (Å²) in [5.74, 6) is -0.667. The lowest BCUT2D eigenvalue weighted by atomic mass is 9.96. The summed E-state index contributed by atoms with van der Waals surface area (Å²) in [7, 11) is 1.27. The summed E-state index contributed by atoms with van der Waals surface area (Å²) < 4.78 is 4.48. The Morgan fingerprint density at radius 2 is 1.96 bits per heavy atom. The maximum atomic E-state index is 12.6. The maximum Gasteiger partial charge on any atom is 0.406 e. The van der Waals surface area contributed by atoms with Gasteiger partial charge in [-0.15, -0.1) is 0 Å². The number of anilines is 1. The molecule has 1 aromatic heterocycles. The second kappa shape index (κ2) is 7.22. The van der Waals surface area contributed by atoms with E-state index in [2.05, 4.69) is 25.6 Å². The zero-order valence-electron chi connectivity index (χ0n) is 14.4. The lowest BCUT2D eigenvalue weighted by Gasteiger charge is -2.14. The predicted molar refractivity (Wildman–Crippen MR) is 94.2 cm³/mol. The van der Waals surface area contributed by atoms with Crippen LogP contribution in [0.1, 0.15) is 32.1 Å². The molecule has 0 fully saturated rings. The average Bonchev–Trinajstić information content (AvgIpc) is 3.06. The molecule has 3 N–H and O–H groups in total. The normalized spacial score (nSPS) is 13.1. The van der Waals surface area contributed by atoms with E-state index in [9.17, 15) is 14.4 Å². The number of benzene rings is 1. The Morgan fingerprint density at radius 3 is 2.65 bits per heavy atom. The van der Waals surface area contributed by atoms with E-state index >= 15 is 0 Å². The number of aromatic amines is 1. The molecule has 2 aromatic rings. The second-order valence-corrected chi connectivity index (χ2v) is 5.84. The number of amides is 1. The monoisotopic (exact) mass is 354 g/mol. The highest BCUT2D eigenvalue weighted by Crippen LogP contribution is 2.24. The molecule has 0 unspecified atom stereocenters. The highest BCUT2D eigenvalue weighted by molar-refractivity contribution is 6.25. The molecule has 26 heavy (non-hydrogen) atoms. The maximum absolute atomic E-state index is 12.6. The standard InChI is InChI=1S/C18H18N4O4/c1-10-3-5-11(6-4-10)20-13-9-14(23)15-12(7-8-19-18(25)26-2)21-22-16(15)17(13)24/h3-6,9,20H,7-8H2,1-2H3,(H,19,25)(H,21,22). The number of methoxy groups -OCH3 is 1. The molecular formula is C18H18N4O4. The number of nitrogens with one attached hydrogen (secondary N) is 3. The van der Waals surface area contributed by atoms with Crippen molar-refractivity contribution in [1.82, 2.24) is 15.5 Å². The smallest absolute Gasteiger partial charge is 0.406 e. The van der Waals surface area contributed by atoms with Gasteiger partial charge in [-0.2, -0.15) is 5.10 Å². The van der Waals surface area contributed by atoms with E-state index in [0.29, 0.717) is 17.8 Å². The molecule has 0 atom stereocenters. The summed E-state index contributed by atoms with van der Waals surface area (Å²) >= 11 is 0. The Kier molecular flexibility index (Phi) is 4.83. The number of nitrogens with zero attached hydrogens (tertiary/aromatic N) is 1. The van der Waals surface area contributed by atoms with Gasteiger partial charge in [0.15, 0.2) is 5.78 Å². The highest BCUT2D eigenvalue weighted by Gasteiger charge is 2.31. The number of alkyl carbamates (subject to hydrolysis) is 1. The second-order valence-electron chi connectivity index (χ2n) is 5.84. The predicted octanol–water partition coefficient (Wildman–Crippen LogP) is 1.99. The number of hydrogen-bond acceptors (Lipinski definition) is 6. The van der Waals surface area contributed by atoms with Gasteiger partial charge >= 0.3 is 6.09 Å². The molecule has 1 aliphatic carbocycles. The molecule has 8 heteroatoms. The average molecular weight is 354 g/mol. The molecule has 134 valence electrons. The van der Waals surface area contributed by atoms with Gasteiger partial charge in [-0.25, -0.2) is 4.79 Å². The number of aryl methyl sites for hydroxylation is 1. The first kappa shape index (κ1) is 17.4. The first-order chi connectivity index (χ1) is 12.5. The number of Topliss-reactive ketones (excluding diaryl/α,β-unsaturated/α-hetero) is 1. The van der Waals surface area contributed by atoms with Crippen LogP contribution in [-0.2, 0) is 11.2 Å². The van der Waals surface area contributed by atoms with Crippen LogP contribution in [0, 0.1) is 6.92 Å². The number of ether oxygens (including phenoxy) is 1. The van der Waals surface area contributed by atoms with E-state index in [1.807, 2.05) is 31.2 Å². The number of fused-ring (bicyclic) bond motifs is 1. The molecule has 3 rings (SSSR count). The third-order valence-electron chi connectivity index (χ3n) is 3.98. The van der Waals surface area contributed by atoms with E-state index < -0.39 is 6.09 Å². The Hall–Kier alpha value is -3.42. The summed E-state index contributed by atoms with van der Waals surface area (Å²) in [5, 5.41) is 12.2. The van der Waals surface area contributed by atoms with Gasteiger partial charge in [-0.05, 0) is 19.1 Å². The molecule has 1 heterocycles. The lowest BCUT2D eigenvalue weighted by Crippen LogP contribution is -2.26. The summed E-state index contributed by atoms with van der Waals surface area (Å²) in [6, 6.07) is 7.48. The van der Waals surface area contributed by atoms with Crippen LogP contribution < -0.4 is 10.6 Å². The number of hydrogen-bond donors (Lipinski definition) is 3. The van der Waals surface area contributed by atoms with E-state index in [0.717, 1.165) is 5.56 Å². The summed E-state index contributed by atoms with van der Waals surface area (Å²) in [6.07, 6.45) is 1.03. The first-order valence-electron chi connectivity index (χ1n) is 8.03. The summed E-state index contributed by atoms with van der Waals surface area (Å²) in [6.45, 7) is 2.21. The number of rotatable bonds is 5. The number of allylic oxidation sites excluding steroid dienone is 2. The fourth-order valence-electron chi connectivity index (χ4n) is 2.63. The quantitative estimate of drug-likeness (QED) is 0.757. The van der Waals surface area contributed by atoms with Crippen LogP contribution in [0.25, 0.3) is 0 Å². The Bertz CT molecular complexity index is 896. The highest BCUT2D eigenvalue weighted by atomic mass is 16.5. The van der Waals surface area contributed by atoms with Gasteiger partial charge in [-0.3, -0.25) is 14.7 Å². The largest absolute Gasteiger partial charge is 0.453 e. The molecule has 0 bridgehead atoms. The summed E-state index contributed by atoms with van der Waals surface area (Å²) in [4.78, 5) is 36.2. The van der Waals surface area contributed by atoms with Crippen LogP contribution in [-0.4, -0.2) is 41.5 Å². The van der Waals surface area contributed by atoms with E-state index in [-0.39, 0.29) is 35.1 Å². The topological polar surface area (TPSA) is 113 Å². The third-order valence-corrected chi connectivity index (χ3v) is 3.98. The van der Waals surface area contributed by atoms with Crippen molar-refractivity contribution in [3.05, 3.63) is 58.6 Å². The van der Waals surface area contributed by atoms with Crippen molar-refractivity contribution in [3.63, 3.8) is 0 Å². The first-order valence-corrected chi connectivity index (χ1v) is 8.03. The molecule has 0 saturated carbocycles. The molecular weight excluding hydrogens is 336 g/mol. The number of H-pyrrole nitrogens is 1. The van der Waals surface area contributed by atoms with Crippen molar-refractivity contribution in [2.24, 2.45) is 0 Å². The van der Waals surface area contributed by atoms with Gasteiger partial charge in [0.25, 0.3) is 0 Å². The SMILES string of the molecule is COC(=O)NCCc1[nH]nc2c1C(=O)C=C(Nc1ccc(C)cc1)C2=O. The fraction of sp³-hybridized carbons (Fsp3) is 0.222. The molecule has 0 radical (unpaired) electrons. The number of carbonyl (C=O) groups excluding carboxylic acids is 3. The van der Waals surface area contributed by atoms with Crippen molar-refractivity contribution >= 4 is 23.3 Å². The molecule has 0 aliphatic heterocycles. The van der Waals surface area contributed by atoms with Crippen LogP contribution in [0.5, 0.6) is 0 Å². The van der Waals surface area contributed by atoms with Crippen molar-refractivity contribution < 1.29 is 19.1 Å². The van der Waals surface area contributed by atoms with Gasteiger partial charge < -0.3 is 15.4 Å². The molecule has 1 amide bonds. The Morgan fingerprint density at radius 1 is 1.23 bits per heavy atom. The van der Waals surface area contributed by atoms with Crippen molar-refractivity contribution in [2.45, 2.75) is 13.3 Å². The van der Waals surface area contributed by atoms with Crippen LogP contribution in [0.3, 0.4) is 0 Å². The van der Waals surface area contributed by atoms with Crippen LogP contribution in [0.2, 0.25) is 0 Å². The minimum absolute atomic E-state index is 0.0835. The molecule has 0 saturated heterocycles. The van der Waals surface area contributed by atoms with Gasteiger partial charge in [0.1, 0.15) is 5.69 Å². The van der Waals surface area contributed by atoms with Crippen LogP contribution in [0.4, 0.5) is 10.5 Å². The number of aromatic nitrogens is 2. The molecule has 1 aliphatic rings. The van der Waals surface area contributed by atoms with E-state index in [1.165, 1.54) is 13.2 Å².